The van der Waals surface area contributed by atoms with E-state index >= 15 is 0 Å². The first-order valence-electron chi connectivity index (χ1n) is 6.46. The van der Waals surface area contributed by atoms with Gasteiger partial charge in [0.2, 0.25) is 5.91 Å². The van der Waals surface area contributed by atoms with E-state index in [4.69, 9.17) is 16.7 Å². The molecule has 1 fully saturated rings. The molecule has 0 unspecified atom stereocenters. The number of rotatable bonds is 4. The molecule has 1 heterocycles. The molecule has 0 bridgehead atoms. The Bertz CT molecular complexity index is 652. The fourth-order valence-electron chi connectivity index (χ4n) is 2.48. The van der Waals surface area contributed by atoms with Gasteiger partial charge in [0.1, 0.15) is 11.9 Å². The number of benzene rings is 1. The minimum Gasteiger partial charge on any atom is -0.480 e. The lowest BCUT2D eigenvalue weighted by molar-refractivity contribution is -0.385. The number of carbonyl (C=O) groups is 2. The van der Waals surface area contributed by atoms with Gasteiger partial charge in [0.05, 0.1) is 16.4 Å². The first kappa shape index (κ1) is 16.2. The van der Waals surface area contributed by atoms with Gasteiger partial charge < -0.3 is 10.0 Å². The number of nitrogens with zero attached hydrogens (tertiary/aromatic N) is 2. The Balaban J connectivity index is 2.26. The van der Waals surface area contributed by atoms with E-state index in [0.717, 1.165) is 17.0 Å². The molecule has 0 spiro atoms. The highest BCUT2D eigenvalue weighted by Gasteiger charge is 2.34. The second-order valence-electron chi connectivity index (χ2n) is 4.91. The van der Waals surface area contributed by atoms with Crippen LogP contribution >= 0.6 is 11.6 Å². The zero-order valence-corrected chi connectivity index (χ0v) is 12.0. The molecule has 7 nitrogen and oxygen atoms in total. The van der Waals surface area contributed by atoms with Crippen LogP contribution in [0.2, 0.25) is 5.02 Å². The van der Waals surface area contributed by atoms with E-state index in [1.807, 2.05) is 0 Å². The normalized spacial score (nSPS) is 17.5. The van der Waals surface area contributed by atoms with Crippen LogP contribution in [0.15, 0.2) is 12.1 Å². The smallest absolute Gasteiger partial charge is 0.326 e. The molecule has 1 N–H and O–H groups in total. The van der Waals surface area contributed by atoms with Crippen molar-refractivity contribution in [1.29, 1.82) is 0 Å². The summed E-state index contributed by atoms with van der Waals surface area (Å²) in [6, 6.07) is 0.742. The van der Waals surface area contributed by atoms with E-state index < -0.39 is 45.8 Å². The van der Waals surface area contributed by atoms with Crippen LogP contribution < -0.4 is 0 Å². The van der Waals surface area contributed by atoms with Crippen molar-refractivity contribution in [3.63, 3.8) is 0 Å². The summed E-state index contributed by atoms with van der Waals surface area (Å²) in [4.78, 5) is 34.6. The van der Waals surface area contributed by atoms with Crippen molar-refractivity contribution in [2.45, 2.75) is 25.3 Å². The summed E-state index contributed by atoms with van der Waals surface area (Å²) in [5, 5.41) is 19.6. The summed E-state index contributed by atoms with van der Waals surface area (Å²) < 4.78 is 13.5. The highest BCUT2D eigenvalue weighted by molar-refractivity contribution is 6.31. The van der Waals surface area contributed by atoms with Crippen molar-refractivity contribution in [3.05, 3.63) is 38.7 Å². The molecule has 22 heavy (non-hydrogen) atoms. The van der Waals surface area contributed by atoms with Crippen LogP contribution in [0.1, 0.15) is 18.4 Å². The third-order valence-electron chi connectivity index (χ3n) is 3.52. The lowest BCUT2D eigenvalue weighted by Crippen LogP contribution is -2.41. The fraction of sp³-hybridized carbons (Fsp3) is 0.385. The molecule has 1 aliphatic rings. The highest BCUT2D eigenvalue weighted by atomic mass is 35.5. The molecule has 0 saturated carbocycles. The van der Waals surface area contributed by atoms with E-state index in [0.29, 0.717) is 12.8 Å². The second kappa shape index (κ2) is 6.27. The van der Waals surface area contributed by atoms with Crippen molar-refractivity contribution in [3.8, 4) is 0 Å². The number of aliphatic carboxylic acids is 1. The summed E-state index contributed by atoms with van der Waals surface area (Å²) in [6.45, 7) is 0.264. The van der Waals surface area contributed by atoms with Gasteiger partial charge in [-0.3, -0.25) is 14.9 Å². The number of halogens is 2. The van der Waals surface area contributed by atoms with Crippen LogP contribution in [0.25, 0.3) is 0 Å². The molecule has 0 aliphatic carbocycles. The van der Waals surface area contributed by atoms with Gasteiger partial charge in [-0.25, -0.2) is 9.18 Å². The summed E-state index contributed by atoms with van der Waals surface area (Å²) in [5.41, 5.74) is -0.598. The number of nitro groups is 1. The highest BCUT2D eigenvalue weighted by Crippen LogP contribution is 2.28. The van der Waals surface area contributed by atoms with Gasteiger partial charge in [0, 0.05) is 18.2 Å². The van der Waals surface area contributed by atoms with Crippen molar-refractivity contribution in [2.75, 3.05) is 6.54 Å². The van der Waals surface area contributed by atoms with Crippen LogP contribution in [-0.4, -0.2) is 39.4 Å². The molecule has 1 aromatic carbocycles. The van der Waals surface area contributed by atoms with Crippen LogP contribution in [-0.2, 0) is 16.0 Å². The number of hydrogen-bond acceptors (Lipinski definition) is 4. The Morgan fingerprint density at radius 1 is 1.50 bits per heavy atom. The van der Waals surface area contributed by atoms with Crippen LogP contribution in [0.3, 0.4) is 0 Å². The second-order valence-corrected chi connectivity index (χ2v) is 5.32. The lowest BCUT2D eigenvalue weighted by atomic mass is 10.1. The molecule has 2 rings (SSSR count). The van der Waals surface area contributed by atoms with Gasteiger partial charge in [-0.05, 0) is 18.9 Å². The number of amides is 1. The van der Waals surface area contributed by atoms with E-state index in [2.05, 4.69) is 0 Å². The minimum absolute atomic E-state index is 0.132. The predicted molar refractivity (Wildman–Crippen MR) is 74.1 cm³/mol. The zero-order valence-electron chi connectivity index (χ0n) is 11.3. The monoisotopic (exact) mass is 330 g/mol. The topological polar surface area (TPSA) is 101 Å². The molecular formula is C13H12ClFN2O5. The Kier molecular flexibility index (Phi) is 4.60. The molecule has 1 aromatic rings. The first-order valence-corrected chi connectivity index (χ1v) is 6.83. The average molecular weight is 331 g/mol. The standard InChI is InChI=1S/C13H12ClFN2O5/c14-8-6-11(17(21)22)7(4-9(8)15)5-12(18)16-3-1-2-10(16)13(19)20/h4,6,10H,1-3,5H2,(H,19,20)/t10-/m0/s1. The third-order valence-corrected chi connectivity index (χ3v) is 3.81. The van der Waals surface area contributed by atoms with Crippen LogP contribution in [0.4, 0.5) is 10.1 Å². The molecule has 0 radical (unpaired) electrons. The number of hydrogen-bond donors (Lipinski definition) is 1. The quantitative estimate of drug-likeness (QED) is 0.672. The maximum Gasteiger partial charge on any atom is 0.326 e. The first-order chi connectivity index (χ1) is 10.3. The number of likely N-dealkylation sites (tertiary alicyclic amines) is 1. The van der Waals surface area contributed by atoms with Gasteiger partial charge in [-0.1, -0.05) is 11.6 Å². The maximum absolute atomic E-state index is 13.5. The van der Waals surface area contributed by atoms with Gasteiger partial charge >= 0.3 is 5.97 Å². The number of carboxylic acids is 1. The summed E-state index contributed by atoms with van der Waals surface area (Å²) in [5.74, 6) is -2.58. The molecule has 1 aliphatic heterocycles. The Morgan fingerprint density at radius 3 is 2.77 bits per heavy atom. The Hall–Kier alpha value is -2.22. The number of nitro benzene ring substituents is 1. The van der Waals surface area contributed by atoms with E-state index in [1.54, 1.807) is 0 Å². The maximum atomic E-state index is 13.5. The van der Waals surface area contributed by atoms with Crippen LogP contribution in [0.5, 0.6) is 0 Å². The molecule has 1 amide bonds. The molecule has 0 aromatic heterocycles. The van der Waals surface area contributed by atoms with Gasteiger partial charge in [0.15, 0.2) is 0 Å². The SMILES string of the molecule is O=C(O)[C@@H]1CCCN1C(=O)Cc1cc(F)c(Cl)cc1[N+](=O)[O-]. The number of carbonyl (C=O) groups excluding carboxylic acids is 1. The van der Waals surface area contributed by atoms with Crippen molar-refractivity contribution >= 4 is 29.2 Å². The summed E-state index contributed by atoms with van der Waals surface area (Å²) in [6.07, 6.45) is 0.423. The third kappa shape index (κ3) is 3.16. The Morgan fingerprint density at radius 2 is 2.18 bits per heavy atom. The average Bonchev–Trinajstić information content (AvgIpc) is 2.91. The molecule has 9 heteroatoms. The fourth-order valence-corrected chi connectivity index (χ4v) is 2.63. The predicted octanol–water partition coefficient (Wildman–Crippen LogP) is 2.01. The largest absolute Gasteiger partial charge is 0.480 e. The van der Waals surface area contributed by atoms with Crippen molar-refractivity contribution in [2.24, 2.45) is 0 Å². The van der Waals surface area contributed by atoms with Gasteiger partial charge in [-0.2, -0.15) is 0 Å². The lowest BCUT2D eigenvalue weighted by Gasteiger charge is -2.21. The van der Waals surface area contributed by atoms with E-state index in [1.165, 1.54) is 0 Å². The minimum atomic E-state index is -1.12. The van der Waals surface area contributed by atoms with Crippen molar-refractivity contribution in [1.82, 2.24) is 4.90 Å². The van der Waals surface area contributed by atoms with Crippen molar-refractivity contribution < 1.29 is 24.0 Å². The molecule has 1 saturated heterocycles. The van der Waals surface area contributed by atoms with Gasteiger partial charge in [-0.15, -0.1) is 0 Å². The summed E-state index contributed by atoms with van der Waals surface area (Å²) in [7, 11) is 0. The van der Waals surface area contributed by atoms with Crippen LogP contribution in [0, 0.1) is 15.9 Å². The Labute approximate surface area is 129 Å². The molecule has 1 atom stereocenters. The molecular weight excluding hydrogens is 319 g/mol. The molecule has 118 valence electrons. The van der Waals surface area contributed by atoms with Gasteiger partial charge in [0.25, 0.3) is 5.69 Å². The summed E-state index contributed by atoms with van der Waals surface area (Å²) >= 11 is 5.51. The number of carboxylic acid groups (broad SMARTS) is 1. The van der Waals surface area contributed by atoms with E-state index in [-0.39, 0.29) is 12.1 Å². The van der Waals surface area contributed by atoms with E-state index in [9.17, 15) is 24.1 Å². The zero-order chi connectivity index (χ0) is 16.4.